The van der Waals surface area contributed by atoms with Crippen molar-refractivity contribution in [1.82, 2.24) is 0 Å². The Morgan fingerprint density at radius 2 is 2.44 bits per heavy atom. The van der Waals surface area contributed by atoms with Crippen molar-refractivity contribution in [2.45, 2.75) is 25.6 Å². The zero-order valence-corrected chi connectivity index (χ0v) is 5.32. The van der Waals surface area contributed by atoms with E-state index in [1.54, 1.807) is 0 Å². The molecule has 50 valence electrons. The van der Waals surface area contributed by atoms with E-state index < -0.39 is 0 Å². The average Bonchev–Trinajstić information content (AvgIpc) is 2.62. The van der Waals surface area contributed by atoms with Crippen molar-refractivity contribution < 1.29 is 4.74 Å². The zero-order chi connectivity index (χ0) is 6.69. The van der Waals surface area contributed by atoms with E-state index in [0.717, 1.165) is 6.42 Å². The van der Waals surface area contributed by atoms with Gasteiger partial charge in [0.25, 0.3) is 0 Å². The number of nitrogens with zero attached hydrogens (tertiary/aromatic N) is 3. The van der Waals surface area contributed by atoms with E-state index in [2.05, 4.69) is 16.9 Å². The third-order valence-corrected chi connectivity index (χ3v) is 1.41. The highest BCUT2D eigenvalue weighted by Gasteiger charge is 2.35. The van der Waals surface area contributed by atoms with Gasteiger partial charge in [-0.2, -0.15) is 0 Å². The van der Waals surface area contributed by atoms with Gasteiger partial charge in [0, 0.05) is 4.91 Å². The number of hydrogen-bond acceptors (Lipinski definition) is 2. The predicted octanol–water partition coefficient (Wildman–Crippen LogP) is 1.47. The highest BCUT2D eigenvalue weighted by Crippen LogP contribution is 2.24. The molecule has 0 saturated carbocycles. The first-order valence-electron chi connectivity index (χ1n) is 3.04. The summed E-state index contributed by atoms with van der Waals surface area (Å²) in [4.78, 5) is 2.63. The van der Waals surface area contributed by atoms with E-state index in [9.17, 15) is 0 Å². The Labute approximate surface area is 53.4 Å². The molecule has 1 saturated heterocycles. The van der Waals surface area contributed by atoms with Crippen LogP contribution in [-0.4, -0.2) is 18.8 Å². The van der Waals surface area contributed by atoms with Gasteiger partial charge in [-0.05, 0) is 12.0 Å². The Hall–Kier alpha value is -0.730. The lowest BCUT2D eigenvalue weighted by atomic mass is 10.3. The summed E-state index contributed by atoms with van der Waals surface area (Å²) in [7, 11) is 0. The molecule has 2 unspecified atom stereocenters. The van der Waals surface area contributed by atoms with Gasteiger partial charge < -0.3 is 4.74 Å². The minimum Gasteiger partial charge on any atom is -0.369 e. The first-order chi connectivity index (χ1) is 4.38. The molecule has 0 N–H and O–H groups in total. The fraction of sp³-hybridized carbons (Fsp3) is 1.00. The van der Waals surface area contributed by atoms with E-state index >= 15 is 0 Å². The van der Waals surface area contributed by atoms with Gasteiger partial charge in [-0.1, -0.05) is 12.0 Å². The van der Waals surface area contributed by atoms with Gasteiger partial charge in [-0.25, -0.2) is 0 Å². The summed E-state index contributed by atoms with van der Waals surface area (Å²) >= 11 is 0. The Kier molecular flexibility index (Phi) is 1.92. The quantitative estimate of drug-likeness (QED) is 0.245. The van der Waals surface area contributed by atoms with Crippen LogP contribution >= 0.6 is 0 Å². The lowest BCUT2D eigenvalue weighted by Crippen LogP contribution is -1.94. The van der Waals surface area contributed by atoms with Gasteiger partial charge in [0.15, 0.2) is 0 Å². The molecule has 0 spiro atoms. The zero-order valence-electron chi connectivity index (χ0n) is 5.32. The van der Waals surface area contributed by atoms with Crippen molar-refractivity contribution in [2.24, 2.45) is 5.11 Å². The Morgan fingerprint density at radius 1 is 1.67 bits per heavy atom. The maximum atomic E-state index is 7.90. The summed E-state index contributed by atoms with van der Waals surface area (Å²) in [5.41, 5.74) is 7.90. The number of rotatable bonds is 3. The lowest BCUT2D eigenvalue weighted by molar-refractivity contribution is 0.369. The maximum Gasteiger partial charge on any atom is 0.0898 e. The summed E-state index contributed by atoms with van der Waals surface area (Å²) < 4.78 is 5.10. The number of epoxide rings is 1. The van der Waals surface area contributed by atoms with Crippen molar-refractivity contribution in [3.05, 3.63) is 10.4 Å². The van der Waals surface area contributed by atoms with Crippen molar-refractivity contribution in [3.8, 4) is 0 Å². The van der Waals surface area contributed by atoms with Crippen LogP contribution in [0.5, 0.6) is 0 Å². The fourth-order valence-electron chi connectivity index (χ4n) is 0.816. The van der Waals surface area contributed by atoms with Gasteiger partial charge in [0.2, 0.25) is 0 Å². The number of hydrogen-bond donors (Lipinski definition) is 0. The molecule has 1 heterocycles. The van der Waals surface area contributed by atoms with Crippen LogP contribution in [0, 0.1) is 0 Å². The fourth-order valence-corrected chi connectivity index (χ4v) is 0.816. The van der Waals surface area contributed by atoms with Crippen LogP contribution in [-0.2, 0) is 4.74 Å². The Bertz CT molecular complexity index is 141. The maximum absolute atomic E-state index is 7.90. The van der Waals surface area contributed by atoms with Crippen LogP contribution in [0.1, 0.15) is 13.3 Å². The van der Waals surface area contributed by atoms with Crippen molar-refractivity contribution in [3.63, 3.8) is 0 Å². The molecular weight excluding hydrogens is 118 g/mol. The minimum atomic E-state index is 0.214. The predicted molar refractivity (Wildman–Crippen MR) is 33.0 cm³/mol. The first kappa shape index (κ1) is 6.39. The molecule has 9 heavy (non-hydrogen) atoms. The Morgan fingerprint density at radius 3 is 2.89 bits per heavy atom. The topological polar surface area (TPSA) is 61.3 Å². The molecule has 1 aliphatic rings. The third kappa shape index (κ3) is 1.59. The lowest BCUT2D eigenvalue weighted by Gasteiger charge is -1.79. The Balaban J connectivity index is 2.12. The molecule has 0 radical (unpaired) electrons. The summed E-state index contributed by atoms with van der Waals surface area (Å²) in [6, 6.07) is 0. The summed E-state index contributed by atoms with van der Waals surface area (Å²) in [6.07, 6.45) is 1.59. The van der Waals surface area contributed by atoms with E-state index in [-0.39, 0.29) is 6.10 Å². The molecule has 1 aliphatic heterocycles. The molecule has 0 aromatic rings. The van der Waals surface area contributed by atoms with Crippen molar-refractivity contribution >= 4 is 0 Å². The third-order valence-electron chi connectivity index (χ3n) is 1.41. The molecule has 0 aliphatic carbocycles. The SMILES string of the molecule is CCC1OC1CN=[N+]=[N-]. The minimum absolute atomic E-state index is 0.214. The molecule has 1 rings (SSSR count). The molecule has 0 aromatic heterocycles. The van der Waals surface area contributed by atoms with Crippen molar-refractivity contribution in [2.75, 3.05) is 6.54 Å². The molecule has 1 fully saturated rings. The molecule has 4 nitrogen and oxygen atoms in total. The van der Waals surface area contributed by atoms with Crippen LogP contribution in [0.15, 0.2) is 5.11 Å². The van der Waals surface area contributed by atoms with E-state index in [1.807, 2.05) is 0 Å². The molecule has 2 atom stereocenters. The molecule has 0 bridgehead atoms. The summed E-state index contributed by atoms with van der Waals surface area (Å²) in [5.74, 6) is 0. The first-order valence-corrected chi connectivity index (χ1v) is 3.04. The van der Waals surface area contributed by atoms with E-state index in [1.165, 1.54) is 0 Å². The molecule has 0 amide bonds. The van der Waals surface area contributed by atoms with Crippen LogP contribution in [0.25, 0.3) is 10.4 Å². The largest absolute Gasteiger partial charge is 0.369 e. The second-order valence-electron chi connectivity index (χ2n) is 2.03. The standard InChI is InChI=1S/C5H9N3O/c1-2-4-5(9-4)3-7-8-6/h4-5H,2-3H2,1H3. The number of ether oxygens (including phenoxy) is 1. The summed E-state index contributed by atoms with van der Waals surface area (Å²) in [6.45, 7) is 2.55. The monoisotopic (exact) mass is 127 g/mol. The van der Waals surface area contributed by atoms with E-state index in [4.69, 9.17) is 10.3 Å². The molecule has 0 aromatic carbocycles. The smallest absolute Gasteiger partial charge is 0.0898 e. The van der Waals surface area contributed by atoms with Crippen LogP contribution in [0.3, 0.4) is 0 Å². The summed E-state index contributed by atoms with van der Waals surface area (Å²) in [5, 5.41) is 3.39. The van der Waals surface area contributed by atoms with Gasteiger partial charge in [0.05, 0.1) is 18.8 Å². The highest BCUT2D eigenvalue weighted by atomic mass is 16.6. The normalized spacial score (nSPS) is 31.2. The number of azide groups is 1. The van der Waals surface area contributed by atoms with Crippen LogP contribution in [0.2, 0.25) is 0 Å². The molecule has 4 heteroatoms. The van der Waals surface area contributed by atoms with Gasteiger partial charge in [-0.3, -0.25) is 0 Å². The van der Waals surface area contributed by atoms with Gasteiger partial charge in [0.1, 0.15) is 0 Å². The van der Waals surface area contributed by atoms with Crippen LogP contribution in [0.4, 0.5) is 0 Å². The highest BCUT2D eigenvalue weighted by molar-refractivity contribution is 4.85. The average molecular weight is 127 g/mol. The van der Waals surface area contributed by atoms with E-state index in [0.29, 0.717) is 12.6 Å². The second kappa shape index (κ2) is 2.71. The second-order valence-corrected chi connectivity index (χ2v) is 2.03. The van der Waals surface area contributed by atoms with Gasteiger partial charge in [-0.15, -0.1) is 0 Å². The molecular formula is C5H9N3O. The van der Waals surface area contributed by atoms with Gasteiger partial charge >= 0.3 is 0 Å². The van der Waals surface area contributed by atoms with Crippen molar-refractivity contribution in [1.29, 1.82) is 0 Å². The van der Waals surface area contributed by atoms with Crippen LogP contribution < -0.4 is 0 Å².